The van der Waals surface area contributed by atoms with Gasteiger partial charge in [0.25, 0.3) is 18.1 Å². The van der Waals surface area contributed by atoms with E-state index in [2.05, 4.69) is 88.0 Å². The molecule has 21 heteroatoms. The highest BCUT2D eigenvalue weighted by atomic mass is 35.5. The van der Waals surface area contributed by atoms with Crippen molar-refractivity contribution in [1.82, 2.24) is 24.7 Å². The van der Waals surface area contributed by atoms with Crippen LogP contribution in [0.4, 0.5) is 5.69 Å². The van der Waals surface area contributed by atoms with Crippen LogP contribution >= 0.6 is 34.3 Å². The Kier molecular flexibility index (Phi) is 13.6. The summed E-state index contributed by atoms with van der Waals surface area (Å²) >= 11 is 9.78. The Hall–Kier alpha value is -7.35. The van der Waals surface area contributed by atoms with E-state index in [4.69, 9.17) is 63.8 Å². The van der Waals surface area contributed by atoms with Gasteiger partial charge in [0.2, 0.25) is 5.69 Å². The molecule has 6 N–H and O–H groups in total. The zero-order valence-electron chi connectivity index (χ0n) is 42.8. The number of halogens is 1. The van der Waals surface area contributed by atoms with Gasteiger partial charge in [0, 0.05) is 94.4 Å². The molecule has 0 radical (unpaired) electrons. The monoisotopic (exact) mass is 1090 g/mol. The van der Waals surface area contributed by atoms with Crippen LogP contribution in [0.25, 0.3) is 32.1 Å². The number of nitrogens with two attached hydrogens (primary N) is 3. The predicted octanol–water partition coefficient (Wildman–Crippen LogP) is 8.38. The SMILES string of the molecule is CC#Cc1cncc(-n2cc(C3(C)CC4(COC4)OC(N)=N3)cn2)c1.CC1(c2cc(-c3cncc(C#CC4CC4)c3)cs2)CC2(COC2)OC(N)=N1.[C-]#[N+]c1cncc(-c2cc(Cl)c(C3(C)CC4(COC4)OC(N)=N3)s2)c1. The Balaban J connectivity index is 0.000000123. The van der Waals surface area contributed by atoms with E-state index in [1.54, 1.807) is 58.9 Å². The lowest BCUT2D eigenvalue weighted by Crippen LogP contribution is -2.59. The quantitative estimate of drug-likeness (QED) is 0.105. The molecule has 3 atom stereocenters. The Bertz CT molecular complexity index is 3530. The minimum Gasteiger partial charge on any atom is -0.454 e. The summed E-state index contributed by atoms with van der Waals surface area (Å²) in [6.07, 6.45) is 18.8. The molecule has 6 aliphatic heterocycles. The molecule has 0 aromatic carbocycles. The first kappa shape index (κ1) is 51.7. The van der Waals surface area contributed by atoms with Crippen molar-refractivity contribution >= 4 is 58.0 Å². The number of aliphatic imine (C=N–C) groups is 3. The van der Waals surface area contributed by atoms with Crippen molar-refractivity contribution in [3.8, 4) is 50.9 Å². The molecule has 1 saturated carbocycles. The molecule has 3 unspecified atom stereocenters. The van der Waals surface area contributed by atoms with E-state index in [9.17, 15) is 0 Å². The Morgan fingerprint density at radius 2 is 1.26 bits per heavy atom. The molecule has 13 rings (SSSR count). The number of hydrogen-bond acceptors (Lipinski definition) is 18. The maximum atomic E-state index is 7.14. The number of thiophene rings is 2. The Morgan fingerprint density at radius 3 is 1.88 bits per heavy atom. The number of pyridine rings is 3. The van der Waals surface area contributed by atoms with Crippen LogP contribution in [-0.4, -0.2) is 99.2 Å². The topological polar surface area (TPSA) is 231 Å². The van der Waals surface area contributed by atoms with Crippen molar-refractivity contribution in [3.63, 3.8) is 0 Å². The molecule has 4 fully saturated rings. The normalized spacial score (nSPS) is 24.6. The molecule has 18 nitrogen and oxygen atoms in total. The van der Waals surface area contributed by atoms with Crippen LogP contribution in [0.2, 0.25) is 5.02 Å². The van der Waals surface area contributed by atoms with Crippen LogP contribution in [0.15, 0.2) is 100 Å². The highest BCUT2D eigenvalue weighted by Crippen LogP contribution is 2.50. The first-order chi connectivity index (χ1) is 37.0. The van der Waals surface area contributed by atoms with E-state index in [0.29, 0.717) is 69.1 Å². The van der Waals surface area contributed by atoms with E-state index in [1.807, 2.05) is 50.8 Å². The van der Waals surface area contributed by atoms with Crippen LogP contribution in [0.5, 0.6) is 0 Å². The fourth-order valence-electron chi connectivity index (χ4n) is 10.3. The summed E-state index contributed by atoms with van der Waals surface area (Å²) < 4.78 is 35.0. The number of amidine groups is 3. The molecule has 1 aliphatic carbocycles. The van der Waals surface area contributed by atoms with Crippen LogP contribution in [0, 0.1) is 36.2 Å². The van der Waals surface area contributed by atoms with E-state index in [1.165, 1.54) is 23.9 Å². The molecule has 7 aliphatic rings. The van der Waals surface area contributed by atoms with Gasteiger partial charge in [-0.05, 0) is 87.4 Å². The number of hydrogen-bond donors (Lipinski definition) is 3. The van der Waals surface area contributed by atoms with Gasteiger partial charge in [0.1, 0.15) is 11.1 Å². The van der Waals surface area contributed by atoms with E-state index in [-0.39, 0.29) is 29.3 Å². The van der Waals surface area contributed by atoms with Gasteiger partial charge in [0.05, 0.1) is 79.7 Å². The fraction of sp³-hybridized carbons (Fsp3) is 0.393. The zero-order chi connectivity index (χ0) is 53.6. The molecule has 77 heavy (non-hydrogen) atoms. The first-order valence-electron chi connectivity index (χ1n) is 25.0. The molecular weight excluding hydrogens is 1040 g/mol. The van der Waals surface area contributed by atoms with Crippen LogP contribution in [0.3, 0.4) is 0 Å². The minimum atomic E-state index is -0.572. The van der Waals surface area contributed by atoms with Gasteiger partial charge in [-0.1, -0.05) is 29.4 Å². The molecular formula is C56H55ClN12O6S2. The standard InChI is InChI=1S/C21H21N3O2S.C18H19N5O2.C17H15ClN4O2S/c1-20(11-21(12-25-13-21)26-19(22)24-20)18-7-17(10-27-18)16-6-15(8-23-9-16)5-4-14-2-3-14;1-3-4-13-5-15(8-20-6-13)23-9-14(7-21-23)17(2)10-18(11-24-12-18)25-16(19)22-17;1-16(7-17(8-23-9-17)24-15(19)22-16)14-12(18)4-13(25-14)10-3-11(20-2)6-21-5-10/h6-10,14H,2-3,11-13H2,1H3,(H2,22,24);5-9H,10-12H2,1-2H3,(H2,19,22);3-6H,7-9H2,1H3,(H2,19,22). The van der Waals surface area contributed by atoms with Crippen molar-refractivity contribution in [1.29, 1.82) is 0 Å². The van der Waals surface area contributed by atoms with Gasteiger partial charge < -0.3 is 45.6 Å². The average Bonchev–Trinajstić information content (AvgIpc) is 3.72. The second kappa shape index (κ2) is 20.2. The third-order valence-electron chi connectivity index (χ3n) is 14.2. The molecule has 3 saturated heterocycles. The second-order valence-corrected chi connectivity index (χ2v) is 23.4. The van der Waals surface area contributed by atoms with E-state index < -0.39 is 22.2 Å². The molecule has 3 spiro atoms. The van der Waals surface area contributed by atoms with Crippen LogP contribution < -0.4 is 17.2 Å². The summed E-state index contributed by atoms with van der Waals surface area (Å²) in [4.78, 5) is 32.9. The highest BCUT2D eigenvalue weighted by molar-refractivity contribution is 7.16. The van der Waals surface area contributed by atoms with E-state index >= 15 is 0 Å². The summed E-state index contributed by atoms with van der Waals surface area (Å²) in [6, 6.07) is 10.6. The number of nitrogens with zero attached hydrogens (tertiary/aromatic N) is 9. The summed E-state index contributed by atoms with van der Waals surface area (Å²) in [6.45, 7) is 18.3. The van der Waals surface area contributed by atoms with Gasteiger partial charge >= 0.3 is 0 Å². The second-order valence-electron chi connectivity index (χ2n) is 21.1. The van der Waals surface area contributed by atoms with Gasteiger partial charge in [-0.25, -0.2) is 24.5 Å². The summed E-state index contributed by atoms with van der Waals surface area (Å²) in [5.74, 6) is 13.0. The fourth-order valence-corrected chi connectivity index (χ4v) is 13.0. The van der Waals surface area contributed by atoms with Crippen molar-refractivity contribution in [2.75, 3.05) is 39.6 Å². The van der Waals surface area contributed by atoms with Gasteiger partial charge in [-0.3, -0.25) is 15.0 Å². The Labute approximate surface area is 458 Å². The van der Waals surface area contributed by atoms with Crippen molar-refractivity contribution in [3.05, 3.63) is 128 Å². The largest absolute Gasteiger partial charge is 0.454 e. The lowest BCUT2D eigenvalue weighted by Gasteiger charge is -2.47. The molecule has 6 aromatic heterocycles. The smallest absolute Gasteiger partial charge is 0.283 e. The van der Waals surface area contributed by atoms with E-state index in [0.717, 1.165) is 55.2 Å². The summed E-state index contributed by atoms with van der Waals surface area (Å²) in [5, 5.41) is 7.25. The number of ether oxygens (including phenoxy) is 6. The summed E-state index contributed by atoms with van der Waals surface area (Å²) in [5.41, 5.74) is 22.5. The Morgan fingerprint density at radius 1 is 0.675 bits per heavy atom. The third-order valence-corrected chi connectivity index (χ3v) is 17.2. The van der Waals surface area contributed by atoms with Gasteiger partial charge in [-0.2, -0.15) is 5.10 Å². The van der Waals surface area contributed by atoms with Crippen molar-refractivity contribution < 1.29 is 28.4 Å². The van der Waals surface area contributed by atoms with Gasteiger partial charge in [0.15, 0.2) is 16.8 Å². The minimum absolute atomic E-state index is 0.166. The lowest BCUT2D eigenvalue weighted by molar-refractivity contribution is -0.187. The molecule has 12 heterocycles. The molecule has 394 valence electrons. The van der Waals surface area contributed by atoms with Crippen LogP contribution in [0.1, 0.15) is 86.2 Å². The third kappa shape index (κ3) is 10.9. The zero-order valence-corrected chi connectivity index (χ0v) is 45.2. The number of aromatic nitrogens is 5. The highest BCUT2D eigenvalue weighted by Gasteiger charge is 2.54. The molecule has 0 bridgehead atoms. The maximum Gasteiger partial charge on any atom is 0.283 e. The number of rotatable bonds is 6. The van der Waals surface area contributed by atoms with Crippen LogP contribution in [-0.2, 0) is 45.0 Å². The lowest BCUT2D eigenvalue weighted by atomic mass is 9.80. The molecule has 0 amide bonds. The van der Waals surface area contributed by atoms with Crippen molar-refractivity contribution in [2.24, 2.45) is 38.1 Å². The summed E-state index contributed by atoms with van der Waals surface area (Å²) in [7, 11) is 0. The molecule has 6 aromatic rings. The average molecular weight is 1090 g/mol. The first-order valence-corrected chi connectivity index (χ1v) is 27.0. The maximum absolute atomic E-state index is 7.14. The predicted molar refractivity (Wildman–Crippen MR) is 295 cm³/mol. The van der Waals surface area contributed by atoms with Crippen molar-refractivity contribution in [2.45, 2.75) is 93.2 Å². The van der Waals surface area contributed by atoms with Gasteiger partial charge in [-0.15, -0.1) is 28.6 Å².